The molecule has 14 rings (SSSR count). The highest BCUT2D eigenvalue weighted by molar-refractivity contribution is 7.00. The Morgan fingerprint density at radius 3 is 0.567 bits per heavy atom. The van der Waals surface area contributed by atoms with Crippen LogP contribution >= 0.6 is 0 Å². The first-order valence-electron chi connectivity index (χ1n) is 23.3. The smallest absolute Gasteiger partial charge is 0.112 e. The van der Waals surface area contributed by atoms with Gasteiger partial charge in [0, 0.05) is 65.8 Å². The highest BCUT2D eigenvalue weighted by atomic mass is 28.3. The molecule has 0 amide bonds. The van der Waals surface area contributed by atoms with E-state index in [1.54, 1.807) is 0 Å². The van der Waals surface area contributed by atoms with Gasteiger partial charge in [0.2, 0.25) is 0 Å². The summed E-state index contributed by atoms with van der Waals surface area (Å²) in [7, 11) is -2.62. The Balaban J connectivity index is 1.09. The highest BCUT2D eigenvalue weighted by Crippen LogP contribution is 2.38. The number of rotatable bonds is 6. The van der Waals surface area contributed by atoms with Crippen LogP contribution in [0.3, 0.4) is 0 Å². The molecule has 0 atom stereocenters. The molecule has 0 saturated carbocycles. The van der Waals surface area contributed by atoms with E-state index in [2.05, 4.69) is 262 Å². The number of hydrogen-bond acceptors (Lipinski definition) is 0. The maximum absolute atomic E-state index is 2.62. The van der Waals surface area contributed by atoms with Gasteiger partial charge < -0.3 is 18.3 Å². The SMILES string of the molecule is C[Si](C)(c1cc(-n2c3ccccc3c3ccccc32)cc(-n2c3ccccc3c3ccccc32)c1)c1cc(-n2c3ccccc3c3ccccc32)cc(-n2c3ccccc3c3ccccc32)c1. The molecule has 0 radical (unpaired) electrons. The minimum atomic E-state index is -2.62. The predicted octanol–water partition coefficient (Wildman–Crippen LogP) is 14.9. The lowest BCUT2D eigenvalue weighted by Crippen LogP contribution is -2.53. The molecule has 4 aromatic heterocycles. The molecule has 0 N–H and O–H groups in total. The van der Waals surface area contributed by atoms with Crippen molar-refractivity contribution in [1.29, 1.82) is 0 Å². The van der Waals surface area contributed by atoms with Crippen molar-refractivity contribution in [3.63, 3.8) is 0 Å². The Labute approximate surface area is 388 Å². The van der Waals surface area contributed by atoms with E-state index in [1.165, 1.54) is 97.6 Å². The maximum atomic E-state index is 2.55. The summed E-state index contributed by atoms with van der Waals surface area (Å²) in [5.74, 6) is 0. The third kappa shape index (κ3) is 5.52. The van der Waals surface area contributed by atoms with Crippen LogP contribution < -0.4 is 10.4 Å². The molecule has 0 saturated heterocycles. The van der Waals surface area contributed by atoms with Gasteiger partial charge in [0.15, 0.2) is 0 Å². The number of benzene rings is 10. The molecule has 0 bridgehead atoms. The fourth-order valence-corrected chi connectivity index (χ4v) is 13.8. The lowest BCUT2D eigenvalue weighted by molar-refractivity contribution is 1.14. The van der Waals surface area contributed by atoms with Crippen LogP contribution in [0.15, 0.2) is 231 Å². The minimum absolute atomic E-state index is 1.16. The Hall–Kier alpha value is -8.38. The van der Waals surface area contributed by atoms with E-state index in [0.717, 1.165) is 22.7 Å². The third-order valence-electron chi connectivity index (χ3n) is 14.6. The van der Waals surface area contributed by atoms with Crippen LogP contribution in [0, 0.1) is 0 Å². The highest BCUT2D eigenvalue weighted by Gasteiger charge is 2.31. The fraction of sp³-hybridized carbons (Fsp3) is 0.0323. The monoisotopic (exact) mass is 872 g/mol. The molecule has 0 unspecified atom stereocenters. The largest absolute Gasteiger partial charge is 0.309 e. The predicted molar refractivity (Wildman–Crippen MR) is 287 cm³/mol. The van der Waals surface area contributed by atoms with Crippen molar-refractivity contribution in [3.8, 4) is 22.7 Å². The first-order chi connectivity index (χ1) is 33.0. The summed E-state index contributed by atoms with van der Waals surface area (Å²) in [6.07, 6.45) is 0. The van der Waals surface area contributed by atoms with E-state index in [0.29, 0.717) is 0 Å². The Morgan fingerprint density at radius 2 is 0.388 bits per heavy atom. The summed E-state index contributed by atoms with van der Waals surface area (Å²) >= 11 is 0. The zero-order valence-electron chi connectivity index (χ0n) is 37.2. The van der Waals surface area contributed by atoms with Crippen LogP contribution in [0.2, 0.25) is 13.1 Å². The first kappa shape index (κ1) is 37.9. The number of fused-ring (bicyclic) bond motifs is 12. The van der Waals surface area contributed by atoms with Crippen molar-refractivity contribution in [2.45, 2.75) is 13.1 Å². The van der Waals surface area contributed by atoms with E-state index >= 15 is 0 Å². The summed E-state index contributed by atoms with van der Waals surface area (Å²) < 4.78 is 9.98. The topological polar surface area (TPSA) is 19.7 Å². The molecule has 4 heterocycles. The van der Waals surface area contributed by atoms with E-state index in [4.69, 9.17) is 0 Å². The van der Waals surface area contributed by atoms with Crippen molar-refractivity contribution in [2.75, 3.05) is 0 Å². The van der Waals surface area contributed by atoms with Crippen LogP contribution in [0.5, 0.6) is 0 Å². The number of para-hydroxylation sites is 8. The van der Waals surface area contributed by atoms with Gasteiger partial charge in [-0.3, -0.25) is 0 Å². The van der Waals surface area contributed by atoms with Gasteiger partial charge >= 0.3 is 0 Å². The van der Waals surface area contributed by atoms with Crippen molar-refractivity contribution < 1.29 is 0 Å². The number of nitrogens with zero attached hydrogens (tertiary/aromatic N) is 4. The molecule has 67 heavy (non-hydrogen) atoms. The second-order valence-electron chi connectivity index (χ2n) is 18.6. The molecule has 0 fully saturated rings. The van der Waals surface area contributed by atoms with Gasteiger partial charge in [0.25, 0.3) is 0 Å². The molecule has 14 aromatic rings. The van der Waals surface area contributed by atoms with Crippen LogP contribution in [0.25, 0.3) is 110 Å². The molecule has 0 aliphatic heterocycles. The van der Waals surface area contributed by atoms with Gasteiger partial charge in [-0.15, -0.1) is 0 Å². The summed E-state index contributed by atoms with van der Waals surface area (Å²) in [6, 6.07) is 85.9. The average Bonchev–Trinajstić information content (AvgIpc) is 4.11. The van der Waals surface area contributed by atoms with Gasteiger partial charge in [0.05, 0.1) is 44.1 Å². The van der Waals surface area contributed by atoms with E-state index < -0.39 is 8.07 Å². The molecular weight excluding hydrogens is 829 g/mol. The second kappa shape index (κ2) is 14.3. The number of aromatic nitrogens is 4. The Kier molecular flexibility index (Phi) is 8.10. The van der Waals surface area contributed by atoms with Gasteiger partial charge in [-0.1, -0.05) is 169 Å². The molecule has 0 aliphatic carbocycles. The molecular formula is C62H44N4Si. The maximum Gasteiger partial charge on any atom is 0.112 e. The minimum Gasteiger partial charge on any atom is -0.309 e. The van der Waals surface area contributed by atoms with E-state index in [1.807, 2.05) is 0 Å². The van der Waals surface area contributed by atoms with Gasteiger partial charge in [-0.05, 0) is 84.9 Å². The molecule has 316 valence electrons. The Morgan fingerprint density at radius 1 is 0.224 bits per heavy atom. The van der Waals surface area contributed by atoms with E-state index in [-0.39, 0.29) is 0 Å². The zero-order chi connectivity index (χ0) is 44.4. The van der Waals surface area contributed by atoms with Crippen LogP contribution in [-0.4, -0.2) is 26.3 Å². The molecule has 10 aromatic carbocycles. The summed E-state index contributed by atoms with van der Waals surface area (Å²) in [5.41, 5.74) is 14.3. The first-order valence-corrected chi connectivity index (χ1v) is 26.3. The standard InChI is InChI=1S/C62H44N4Si/c1-67(2,45-37-41(63-55-27-11-3-19-47(55)48-20-4-12-28-56(48)63)35-42(38-45)64-57-29-13-5-21-49(57)50-22-6-14-30-58(50)64)46-39-43(65-59-31-15-7-23-51(59)52-24-8-16-32-60(52)65)36-44(40-46)66-61-33-17-9-25-53(61)54-26-10-18-34-62(54)66/h3-40H,1-2H3. The van der Waals surface area contributed by atoms with Crippen molar-refractivity contribution in [2.24, 2.45) is 0 Å². The van der Waals surface area contributed by atoms with Gasteiger partial charge in [-0.25, -0.2) is 0 Å². The number of hydrogen-bond donors (Lipinski definition) is 0. The third-order valence-corrected chi connectivity index (χ3v) is 18.1. The molecule has 5 heteroatoms. The summed E-state index contributed by atoms with van der Waals surface area (Å²) in [6.45, 7) is 5.10. The molecule has 4 nitrogen and oxygen atoms in total. The fourth-order valence-electron chi connectivity index (χ4n) is 11.4. The quantitative estimate of drug-likeness (QED) is 0.148. The molecule has 0 spiro atoms. The van der Waals surface area contributed by atoms with Crippen LogP contribution in [-0.2, 0) is 0 Å². The lowest BCUT2D eigenvalue weighted by atomic mass is 10.2. The lowest BCUT2D eigenvalue weighted by Gasteiger charge is -2.28. The van der Waals surface area contributed by atoms with E-state index in [9.17, 15) is 0 Å². The van der Waals surface area contributed by atoms with Crippen molar-refractivity contribution in [3.05, 3.63) is 231 Å². The van der Waals surface area contributed by atoms with Gasteiger partial charge in [0.1, 0.15) is 8.07 Å². The molecule has 0 aliphatic rings. The van der Waals surface area contributed by atoms with Crippen LogP contribution in [0.1, 0.15) is 0 Å². The van der Waals surface area contributed by atoms with Gasteiger partial charge in [-0.2, -0.15) is 0 Å². The van der Waals surface area contributed by atoms with Crippen molar-refractivity contribution >= 4 is 106 Å². The zero-order valence-corrected chi connectivity index (χ0v) is 38.2. The normalized spacial score (nSPS) is 12.3. The second-order valence-corrected chi connectivity index (χ2v) is 23.0. The average molecular weight is 873 g/mol. The summed E-state index contributed by atoms with van der Waals surface area (Å²) in [4.78, 5) is 0. The summed E-state index contributed by atoms with van der Waals surface area (Å²) in [5, 5.41) is 12.8. The Bertz CT molecular complexity index is 3570. The van der Waals surface area contributed by atoms with Crippen molar-refractivity contribution in [1.82, 2.24) is 18.3 Å². The van der Waals surface area contributed by atoms with Crippen LogP contribution in [0.4, 0.5) is 0 Å².